The smallest absolute Gasteiger partial charge is 0.124 e. The highest BCUT2D eigenvalue weighted by Gasteiger charge is 2.44. The van der Waals surface area contributed by atoms with Crippen molar-refractivity contribution in [2.24, 2.45) is 5.41 Å². The Balaban J connectivity index is 2.20. The van der Waals surface area contributed by atoms with Crippen molar-refractivity contribution in [3.63, 3.8) is 0 Å². The van der Waals surface area contributed by atoms with Crippen molar-refractivity contribution in [3.8, 4) is 0 Å². The molecule has 1 fully saturated rings. The molecule has 1 aliphatic carbocycles. The van der Waals surface area contributed by atoms with Gasteiger partial charge in [-0.3, -0.25) is 0 Å². The Morgan fingerprint density at radius 1 is 1.44 bits per heavy atom. The van der Waals surface area contributed by atoms with Crippen LogP contribution in [0.1, 0.15) is 50.7 Å². The lowest BCUT2D eigenvalue weighted by atomic mass is 9.61. The maximum absolute atomic E-state index is 12.6. The van der Waals surface area contributed by atoms with Gasteiger partial charge in [0.1, 0.15) is 6.10 Å². The first kappa shape index (κ1) is 12.1. The monoisotopic (exact) mass is 281 g/mol. The molecule has 1 unspecified atom stereocenters. The second-order valence-corrected chi connectivity index (χ2v) is 5.82. The fourth-order valence-corrected chi connectivity index (χ4v) is 3.21. The molecule has 1 aromatic carbocycles. The normalized spacial score (nSPS) is 20.2. The van der Waals surface area contributed by atoms with Gasteiger partial charge in [0, 0.05) is 9.89 Å². The largest absolute Gasteiger partial charge is 0.227 e. The first-order chi connectivity index (χ1) is 7.68. The maximum atomic E-state index is 12.6. The minimum atomic E-state index is -0.543. The zero-order chi connectivity index (χ0) is 11.6. The van der Waals surface area contributed by atoms with Gasteiger partial charge in [0.2, 0.25) is 0 Å². The van der Waals surface area contributed by atoms with Gasteiger partial charge >= 0.3 is 0 Å². The molecule has 0 spiro atoms. The number of rotatable bonds is 4. The summed E-state index contributed by atoms with van der Waals surface area (Å²) >= 11 is 3.44. The molecule has 0 saturated heterocycles. The molecule has 1 radical (unpaired) electrons. The van der Waals surface area contributed by atoms with E-state index in [1.165, 1.54) is 6.42 Å². The Morgan fingerprint density at radius 3 is 2.69 bits per heavy atom. The van der Waals surface area contributed by atoms with E-state index in [9.17, 15) is 5.11 Å². The molecule has 1 aromatic rings. The van der Waals surface area contributed by atoms with E-state index in [4.69, 9.17) is 0 Å². The van der Waals surface area contributed by atoms with E-state index in [-0.39, 0.29) is 5.41 Å². The molecule has 0 bridgehead atoms. The van der Waals surface area contributed by atoms with Gasteiger partial charge in [-0.25, -0.2) is 5.11 Å². The van der Waals surface area contributed by atoms with Crippen LogP contribution in [-0.2, 0) is 5.11 Å². The third kappa shape index (κ3) is 2.18. The van der Waals surface area contributed by atoms with E-state index < -0.39 is 6.10 Å². The average Bonchev–Trinajstić information content (AvgIpc) is 2.22. The molecule has 1 atom stereocenters. The standard InChI is InChI=1S/C14H18BrO/c1-2-7-14(8-4-9-14)13(16)11-5-3-6-12(15)10-11/h3,5-6,10,13H,2,4,7-9H2,1H3. The molecule has 0 aromatic heterocycles. The van der Waals surface area contributed by atoms with Crippen LogP contribution >= 0.6 is 15.9 Å². The summed E-state index contributed by atoms with van der Waals surface area (Å²) in [5.74, 6) is 0. The Hall–Kier alpha value is -0.340. The minimum Gasteiger partial charge on any atom is -0.227 e. The summed E-state index contributed by atoms with van der Waals surface area (Å²) in [6.45, 7) is 2.17. The van der Waals surface area contributed by atoms with Crippen LogP contribution in [0.25, 0.3) is 0 Å². The lowest BCUT2D eigenvalue weighted by Gasteiger charge is -2.44. The molecule has 87 valence electrons. The summed E-state index contributed by atoms with van der Waals surface area (Å²) < 4.78 is 1.01. The predicted octanol–water partition coefficient (Wildman–Crippen LogP) is 4.89. The van der Waals surface area contributed by atoms with Gasteiger partial charge in [-0.1, -0.05) is 47.8 Å². The molecule has 1 nitrogen and oxygen atoms in total. The summed E-state index contributed by atoms with van der Waals surface area (Å²) in [6.07, 6.45) is 5.11. The molecule has 0 heterocycles. The summed E-state index contributed by atoms with van der Waals surface area (Å²) in [5.41, 5.74) is 0.998. The zero-order valence-corrected chi connectivity index (χ0v) is 11.3. The third-order valence-corrected chi connectivity index (χ3v) is 4.30. The van der Waals surface area contributed by atoms with Crippen LogP contribution in [0.2, 0.25) is 0 Å². The van der Waals surface area contributed by atoms with Gasteiger partial charge in [0.05, 0.1) is 0 Å². The van der Waals surface area contributed by atoms with E-state index in [2.05, 4.69) is 22.9 Å². The Kier molecular flexibility index (Phi) is 3.70. The molecule has 2 rings (SSSR count). The molecule has 1 aliphatic rings. The van der Waals surface area contributed by atoms with Gasteiger partial charge in [0.15, 0.2) is 0 Å². The quantitative estimate of drug-likeness (QED) is 0.749. The summed E-state index contributed by atoms with van der Waals surface area (Å²) in [7, 11) is 0. The molecular formula is C14H18BrO. The number of halogens is 1. The van der Waals surface area contributed by atoms with E-state index in [1.54, 1.807) is 0 Å². The highest BCUT2D eigenvalue weighted by Crippen LogP contribution is 2.53. The van der Waals surface area contributed by atoms with Crippen molar-refractivity contribution in [2.45, 2.75) is 45.1 Å². The first-order valence-electron chi connectivity index (χ1n) is 6.09. The van der Waals surface area contributed by atoms with Crippen molar-refractivity contribution in [1.82, 2.24) is 0 Å². The molecular weight excluding hydrogens is 264 g/mol. The zero-order valence-electron chi connectivity index (χ0n) is 9.71. The lowest BCUT2D eigenvalue weighted by molar-refractivity contribution is -0.0838. The molecule has 0 aliphatic heterocycles. The van der Waals surface area contributed by atoms with Crippen LogP contribution in [0.3, 0.4) is 0 Å². The average molecular weight is 282 g/mol. The first-order valence-corrected chi connectivity index (χ1v) is 6.88. The topological polar surface area (TPSA) is 19.9 Å². The van der Waals surface area contributed by atoms with Crippen LogP contribution < -0.4 is 0 Å². The van der Waals surface area contributed by atoms with Crippen molar-refractivity contribution < 1.29 is 5.11 Å². The Morgan fingerprint density at radius 2 is 2.19 bits per heavy atom. The van der Waals surface area contributed by atoms with Crippen LogP contribution in [0, 0.1) is 5.41 Å². The SMILES string of the molecule is CCCC1(C([O])c2cccc(Br)c2)CCC1. The molecule has 0 N–H and O–H groups in total. The summed E-state index contributed by atoms with van der Waals surface area (Å²) in [4.78, 5) is 0. The lowest BCUT2D eigenvalue weighted by Crippen LogP contribution is -2.35. The van der Waals surface area contributed by atoms with E-state index >= 15 is 0 Å². The van der Waals surface area contributed by atoms with Crippen LogP contribution in [0.5, 0.6) is 0 Å². The number of hydrogen-bond donors (Lipinski definition) is 0. The maximum Gasteiger partial charge on any atom is 0.124 e. The van der Waals surface area contributed by atoms with E-state index in [0.29, 0.717) is 0 Å². The van der Waals surface area contributed by atoms with Crippen molar-refractivity contribution in [1.29, 1.82) is 0 Å². The fraction of sp³-hybridized carbons (Fsp3) is 0.571. The van der Waals surface area contributed by atoms with Gasteiger partial charge in [-0.15, -0.1) is 0 Å². The van der Waals surface area contributed by atoms with Gasteiger partial charge in [-0.2, -0.15) is 0 Å². The molecule has 1 saturated carbocycles. The summed E-state index contributed by atoms with van der Waals surface area (Å²) in [6, 6.07) is 7.89. The van der Waals surface area contributed by atoms with Crippen molar-refractivity contribution in [2.75, 3.05) is 0 Å². The number of benzene rings is 1. The van der Waals surface area contributed by atoms with Crippen molar-refractivity contribution >= 4 is 15.9 Å². The van der Waals surface area contributed by atoms with Crippen LogP contribution in [0.15, 0.2) is 28.7 Å². The molecule has 0 amide bonds. The minimum absolute atomic E-state index is 0.0511. The highest BCUT2D eigenvalue weighted by molar-refractivity contribution is 9.10. The Bertz CT molecular complexity index is 358. The van der Waals surface area contributed by atoms with Crippen LogP contribution in [0.4, 0.5) is 0 Å². The Labute approximate surface area is 106 Å². The fourth-order valence-electron chi connectivity index (χ4n) is 2.80. The number of hydrogen-bond acceptors (Lipinski definition) is 0. The van der Waals surface area contributed by atoms with Crippen LogP contribution in [-0.4, -0.2) is 0 Å². The van der Waals surface area contributed by atoms with Gasteiger partial charge in [0.25, 0.3) is 0 Å². The van der Waals surface area contributed by atoms with E-state index in [0.717, 1.165) is 35.7 Å². The predicted molar refractivity (Wildman–Crippen MR) is 68.8 cm³/mol. The van der Waals surface area contributed by atoms with Crippen molar-refractivity contribution in [3.05, 3.63) is 34.3 Å². The van der Waals surface area contributed by atoms with Gasteiger partial charge in [-0.05, 0) is 37.0 Å². The second-order valence-electron chi connectivity index (χ2n) is 4.90. The third-order valence-electron chi connectivity index (χ3n) is 3.80. The molecule has 2 heteroatoms. The summed E-state index contributed by atoms with van der Waals surface area (Å²) in [5, 5.41) is 12.6. The van der Waals surface area contributed by atoms with E-state index in [1.807, 2.05) is 24.3 Å². The highest BCUT2D eigenvalue weighted by atomic mass is 79.9. The second kappa shape index (κ2) is 4.89. The molecule has 16 heavy (non-hydrogen) atoms. The van der Waals surface area contributed by atoms with Gasteiger partial charge < -0.3 is 0 Å².